The van der Waals surface area contributed by atoms with Crippen molar-refractivity contribution < 1.29 is 5.11 Å². The number of rotatable bonds is 3. The minimum atomic E-state index is -0.403. The summed E-state index contributed by atoms with van der Waals surface area (Å²) < 4.78 is 1.44. The summed E-state index contributed by atoms with van der Waals surface area (Å²) in [7, 11) is 0. The molecule has 0 saturated carbocycles. The molecule has 2 aromatic heterocycles. The second-order valence-electron chi connectivity index (χ2n) is 7.05. The van der Waals surface area contributed by atoms with Gasteiger partial charge in [0.1, 0.15) is 5.65 Å². The molecule has 5 nitrogen and oxygen atoms in total. The molecule has 0 saturated heterocycles. The Morgan fingerprint density at radius 2 is 1.80 bits per heavy atom. The molecule has 0 aliphatic carbocycles. The molecule has 0 spiro atoms. The molecule has 132 valence electrons. The highest BCUT2D eigenvalue weighted by atomic mass is 16.3. The van der Waals surface area contributed by atoms with Crippen LogP contribution in [0.2, 0.25) is 0 Å². The Bertz CT molecular complexity index is 1030. The van der Waals surface area contributed by atoms with Crippen LogP contribution in [-0.2, 0) is 6.42 Å². The predicted molar refractivity (Wildman–Crippen MR) is 100 cm³/mol. The molecule has 1 unspecified atom stereocenters. The number of H-pyrrole nitrogens is 1. The molecule has 25 heavy (non-hydrogen) atoms. The number of aryl methyl sites for hydroxylation is 4. The topological polar surface area (TPSA) is 70.4 Å². The van der Waals surface area contributed by atoms with Crippen LogP contribution in [0.5, 0.6) is 0 Å². The summed E-state index contributed by atoms with van der Waals surface area (Å²) in [6.07, 6.45) is 0.207. The SMILES string of the molecule is Cc1cc(=O)n2nc(C)c(-c3c(C)cc(C)c(CC(C)O)c3C)c2[nH]1. The quantitative estimate of drug-likeness (QED) is 0.770. The van der Waals surface area contributed by atoms with Gasteiger partial charge in [-0.15, -0.1) is 0 Å². The number of aliphatic hydroxyl groups excluding tert-OH is 1. The lowest BCUT2D eigenvalue weighted by Gasteiger charge is -2.18. The molecule has 3 rings (SSSR count). The lowest BCUT2D eigenvalue weighted by Crippen LogP contribution is -2.14. The van der Waals surface area contributed by atoms with Gasteiger partial charge in [-0.1, -0.05) is 6.07 Å². The van der Waals surface area contributed by atoms with Gasteiger partial charge in [0.25, 0.3) is 5.56 Å². The fourth-order valence-corrected chi connectivity index (χ4v) is 3.79. The Morgan fingerprint density at radius 1 is 1.12 bits per heavy atom. The molecule has 0 fully saturated rings. The molecule has 1 aromatic carbocycles. The fourth-order valence-electron chi connectivity index (χ4n) is 3.79. The molecule has 0 bridgehead atoms. The molecule has 0 aliphatic heterocycles. The predicted octanol–water partition coefficient (Wildman–Crippen LogP) is 3.16. The van der Waals surface area contributed by atoms with Gasteiger partial charge in [-0.25, -0.2) is 0 Å². The normalized spacial score (nSPS) is 12.8. The largest absolute Gasteiger partial charge is 0.393 e. The van der Waals surface area contributed by atoms with Crippen LogP contribution in [0.4, 0.5) is 0 Å². The second-order valence-corrected chi connectivity index (χ2v) is 7.05. The van der Waals surface area contributed by atoms with Gasteiger partial charge in [-0.05, 0) is 75.8 Å². The molecular weight excluding hydrogens is 314 g/mol. The van der Waals surface area contributed by atoms with Gasteiger partial charge in [-0.2, -0.15) is 9.61 Å². The molecule has 2 heterocycles. The van der Waals surface area contributed by atoms with Crippen LogP contribution in [0, 0.1) is 34.6 Å². The molecular formula is C20H25N3O2. The zero-order valence-electron chi connectivity index (χ0n) is 15.7. The summed E-state index contributed by atoms with van der Waals surface area (Å²) in [5.74, 6) is 0. The van der Waals surface area contributed by atoms with Crippen LogP contribution in [0.25, 0.3) is 16.8 Å². The molecule has 0 amide bonds. The lowest BCUT2D eigenvalue weighted by molar-refractivity contribution is 0.195. The fraction of sp³-hybridized carbons (Fsp3) is 0.400. The van der Waals surface area contributed by atoms with Crippen LogP contribution in [-0.4, -0.2) is 25.8 Å². The van der Waals surface area contributed by atoms with Crippen molar-refractivity contribution >= 4 is 5.65 Å². The van der Waals surface area contributed by atoms with E-state index in [4.69, 9.17) is 0 Å². The van der Waals surface area contributed by atoms with E-state index in [1.54, 1.807) is 13.0 Å². The van der Waals surface area contributed by atoms with E-state index in [2.05, 4.69) is 36.9 Å². The zero-order valence-corrected chi connectivity index (χ0v) is 15.7. The first-order valence-corrected chi connectivity index (χ1v) is 8.58. The maximum atomic E-state index is 12.3. The van der Waals surface area contributed by atoms with Gasteiger partial charge in [0.15, 0.2) is 0 Å². The van der Waals surface area contributed by atoms with Gasteiger partial charge < -0.3 is 10.1 Å². The van der Waals surface area contributed by atoms with E-state index in [9.17, 15) is 9.90 Å². The van der Waals surface area contributed by atoms with Gasteiger partial charge in [0.2, 0.25) is 0 Å². The summed E-state index contributed by atoms with van der Waals surface area (Å²) in [5.41, 5.74) is 8.89. The number of hydrogen-bond donors (Lipinski definition) is 2. The minimum Gasteiger partial charge on any atom is -0.393 e. The number of fused-ring (bicyclic) bond motifs is 1. The van der Waals surface area contributed by atoms with Crippen LogP contribution >= 0.6 is 0 Å². The van der Waals surface area contributed by atoms with Crippen LogP contribution in [0.3, 0.4) is 0 Å². The van der Waals surface area contributed by atoms with Crippen LogP contribution in [0.15, 0.2) is 16.9 Å². The van der Waals surface area contributed by atoms with Crippen molar-refractivity contribution in [1.29, 1.82) is 0 Å². The maximum Gasteiger partial charge on any atom is 0.274 e. The van der Waals surface area contributed by atoms with Crippen molar-refractivity contribution in [3.63, 3.8) is 0 Å². The molecule has 2 N–H and O–H groups in total. The zero-order chi connectivity index (χ0) is 18.5. The number of nitrogens with zero attached hydrogens (tertiary/aromatic N) is 2. The van der Waals surface area contributed by atoms with Gasteiger partial charge in [0, 0.05) is 17.3 Å². The van der Waals surface area contributed by atoms with Crippen molar-refractivity contribution in [2.24, 2.45) is 0 Å². The Labute approximate surface area is 147 Å². The first-order valence-electron chi connectivity index (χ1n) is 8.58. The third-order valence-electron chi connectivity index (χ3n) is 4.81. The van der Waals surface area contributed by atoms with Crippen molar-refractivity contribution in [3.8, 4) is 11.1 Å². The molecule has 0 radical (unpaired) electrons. The van der Waals surface area contributed by atoms with Crippen molar-refractivity contribution in [2.45, 2.75) is 54.1 Å². The number of aliphatic hydroxyl groups is 1. The number of nitrogens with one attached hydrogen (secondary N) is 1. The van der Waals surface area contributed by atoms with E-state index >= 15 is 0 Å². The number of aromatic amines is 1. The Kier molecular flexibility index (Phi) is 4.29. The molecule has 5 heteroatoms. The van der Waals surface area contributed by atoms with Crippen LogP contribution in [0.1, 0.15) is 40.6 Å². The first-order chi connectivity index (χ1) is 11.7. The summed E-state index contributed by atoms with van der Waals surface area (Å²) in [5, 5.41) is 14.3. The van der Waals surface area contributed by atoms with Gasteiger partial charge in [-0.3, -0.25) is 4.79 Å². The highest BCUT2D eigenvalue weighted by Crippen LogP contribution is 2.35. The molecule has 1 atom stereocenters. The maximum absolute atomic E-state index is 12.3. The molecule has 0 aliphatic rings. The summed E-state index contributed by atoms with van der Waals surface area (Å²) >= 11 is 0. The average Bonchev–Trinajstić information content (AvgIpc) is 2.81. The lowest BCUT2D eigenvalue weighted by atomic mass is 9.87. The smallest absolute Gasteiger partial charge is 0.274 e. The number of aromatic nitrogens is 3. The highest BCUT2D eigenvalue weighted by Gasteiger charge is 2.20. The summed E-state index contributed by atoms with van der Waals surface area (Å²) in [6.45, 7) is 11.9. The van der Waals surface area contributed by atoms with E-state index in [1.165, 1.54) is 10.1 Å². The van der Waals surface area contributed by atoms with E-state index < -0.39 is 6.10 Å². The second kappa shape index (κ2) is 6.15. The monoisotopic (exact) mass is 339 g/mol. The Morgan fingerprint density at radius 3 is 2.44 bits per heavy atom. The number of benzene rings is 1. The summed E-state index contributed by atoms with van der Waals surface area (Å²) in [4.78, 5) is 15.6. The third kappa shape index (κ3) is 2.89. The van der Waals surface area contributed by atoms with Crippen molar-refractivity contribution in [2.75, 3.05) is 0 Å². The summed E-state index contributed by atoms with van der Waals surface area (Å²) in [6, 6.07) is 3.70. The van der Waals surface area contributed by atoms with Gasteiger partial charge in [0.05, 0.1) is 11.8 Å². The standard InChI is InChI=1S/C20H25N3O2/c1-10-7-11(2)18(14(5)16(10)9-13(4)24)19-15(6)22-23-17(25)8-12(3)21-20(19)23/h7-8,13,21,24H,9H2,1-6H3. The van der Waals surface area contributed by atoms with Crippen molar-refractivity contribution in [1.82, 2.24) is 14.6 Å². The Hall–Kier alpha value is -2.40. The van der Waals surface area contributed by atoms with Crippen molar-refractivity contribution in [3.05, 3.63) is 56.1 Å². The average molecular weight is 339 g/mol. The molecule has 3 aromatic rings. The van der Waals surface area contributed by atoms with E-state index in [0.29, 0.717) is 6.42 Å². The third-order valence-corrected chi connectivity index (χ3v) is 4.81. The van der Waals surface area contributed by atoms with Crippen LogP contribution < -0.4 is 5.56 Å². The Balaban J connectivity index is 2.39. The highest BCUT2D eigenvalue weighted by molar-refractivity contribution is 5.84. The van der Waals surface area contributed by atoms with E-state index in [1.807, 2.05) is 13.8 Å². The first kappa shape index (κ1) is 17.4. The van der Waals surface area contributed by atoms with E-state index in [-0.39, 0.29) is 5.56 Å². The van der Waals surface area contributed by atoms with Gasteiger partial charge >= 0.3 is 0 Å². The number of hydrogen-bond acceptors (Lipinski definition) is 3. The van der Waals surface area contributed by atoms with E-state index in [0.717, 1.165) is 44.9 Å². The minimum absolute atomic E-state index is 0.132.